The van der Waals surface area contributed by atoms with Crippen molar-refractivity contribution in [2.75, 3.05) is 0 Å². The second kappa shape index (κ2) is 7.46. The lowest BCUT2D eigenvalue weighted by molar-refractivity contribution is 0.0847. The number of hydrazine groups is 1. The monoisotopic (exact) mass is 410 g/mol. The van der Waals surface area contributed by atoms with E-state index in [9.17, 15) is 9.59 Å². The second-order valence-electron chi connectivity index (χ2n) is 7.19. The van der Waals surface area contributed by atoms with Gasteiger partial charge in [0.1, 0.15) is 5.52 Å². The number of benzene rings is 3. The van der Waals surface area contributed by atoms with E-state index in [1.54, 1.807) is 24.4 Å². The van der Waals surface area contributed by atoms with Crippen LogP contribution in [0.3, 0.4) is 0 Å². The quantitative estimate of drug-likeness (QED) is 0.439. The number of fused-ring (bicyclic) bond motifs is 2. The number of nitrogens with zero attached hydrogens (tertiary/aromatic N) is 2. The van der Waals surface area contributed by atoms with Gasteiger partial charge in [0.25, 0.3) is 11.8 Å². The van der Waals surface area contributed by atoms with E-state index >= 15 is 0 Å². The molecule has 5 rings (SSSR count). The van der Waals surface area contributed by atoms with E-state index in [0.717, 1.165) is 21.9 Å². The van der Waals surface area contributed by atoms with Gasteiger partial charge in [-0.05, 0) is 24.3 Å². The standard InChI is InChI=1S/C24H18N4O3/c1-28-14-19(17-9-5-6-10-21(17)28)24(30)26-25-23(29)16-11-12-20-18(13-16)22(31-27-20)15-7-3-2-4-8-15/h2-14H,1H3,(H,25,29)(H,26,30). The first-order valence-corrected chi connectivity index (χ1v) is 9.71. The highest BCUT2D eigenvalue weighted by atomic mass is 16.5. The Morgan fingerprint density at radius 1 is 0.871 bits per heavy atom. The van der Waals surface area contributed by atoms with Crippen molar-refractivity contribution in [3.05, 3.63) is 90.1 Å². The number of carbonyl (C=O) groups is 2. The van der Waals surface area contributed by atoms with Gasteiger partial charge in [-0.3, -0.25) is 20.4 Å². The number of hydrogen-bond donors (Lipinski definition) is 2. The van der Waals surface area contributed by atoms with Crippen molar-refractivity contribution in [1.82, 2.24) is 20.6 Å². The lowest BCUT2D eigenvalue weighted by atomic mass is 10.1. The maximum atomic E-state index is 12.7. The van der Waals surface area contributed by atoms with Gasteiger partial charge in [-0.1, -0.05) is 53.7 Å². The zero-order valence-corrected chi connectivity index (χ0v) is 16.6. The Balaban J connectivity index is 1.37. The van der Waals surface area contributed by atoms with Gasteiger partial charge in [-0.25, -0.2) is 0 Å². The highest BCUT2D eigenvalue weighted by Gasteiger charge is 2.16. The number of aromatic nitrogens is 2. The summed E-state index contributed by atoms with van der Waals surface area (Å²) >= 11 is 0. The molecule has 0 aliphatic heterocycles. The number of carbonyl (C=O) groups excluding carboxylic acids is 2. The molecule has 0 aliphatic carbocycles. The molecule has 31 heavy (non-hydrogen) atoms. The minimum atomic E-state index is -0.435. The van der Waals surface area contributed by atoms with Crippen molar-refractivity contribution in [2.24, 2.45) is 7.05 Å². The summed E-state index contributed by atoms with van der Waals surface area (Å²) in [6, 6.07) is 22.2. The molecule has 2 amide bonds. The molecule has 2 N–H and O–H groups in total. The van der Waals surface area contributed by atoms with Crippen LogP contribution in [0.4, 0.5) is 0 Å². The van der Waals surface area contributed by atoms with Gasteiger partial charge in [-0.2, -0.15) is 0 Å². The van der Waals surface area contributed by atoms with Crippen LogP contribution in [-0.4, -0.2) is 21.5 Å². The Labute approximate surface area is 177 Å². The number of aryl methyl sites for hydroxylation is 1. The fourth-order valence-corrected chi connectivity index (χ4v) is 3.66. The van der Waals surface area contributed by atoms with Gasteiger partial charge in [0, 0.05) is 35.3 Å². The Bertz CT molecular complexity index is 1430. The van der Waals surface area contributed by atoms with Crippen molar-refractivity contribution in [3.63, 3.8) is 0 Å². The summed E-state index contributed by atoms with van der Waals surface area (Å²) in [7, 11) is 1.87. The summed E-state index contributed by atoms with van der Waals surface area (Å²) in [5, 5.41) is 5.60. The van der Waals surface area contributed by atoms with E-state index in [2.05, 4.69) is 16.0 Å². The molecule has 0 saturated carbocycles. The Morgan fingerprint density at radius 3 is 2.45 bits per heavy atom. The molecule has 3 aromatic carbocycles. The largest absolute Gasteiger partial charge is 0.355 e. The van der Waals surface area contributed by atoms with Crippen molar-refractivity contribution >= 4 is 33.6 Å². The van der Waals surface area contributed by atoms with Gasteiger partial charge in [0.05, 0.1) is 10.9 Å². The molecule has 0 fully saturated rings. The first-order valence-electron chi connectivity index (χ1n) is 9.71. The van der Waals surface area contributed by atoms with E-state index in [1.807, 2.05) is 66.2 Å². The molecular formula is C24H18N4O3. The molecule has 0 atom stereocenters. The van der Waals surface area contributed by atoms with Crippen LogP contribution in [0.5, 0.6) is 0 Å². The van der Waals surface area contributed by atoms with Crippen LogP contribution in [0.1, 0.15) is 20.7 Å². The third-order valence-electron chi connectivity index (χ3n) is 5.21. The molecule has 5 aromatic rings. The zero-order valence-electron chi connectivity index (χ0n) is 16.6. The first kappa shape index (κ1) is 18.6. The Hall–Kier alpha value is -4.39. The predicted octanol–water partition coefficient (Wildman–Crippen LogP) is 4.06. The molecular weight excluding hydrogens is 392 g/mol. The number of hydrogen-bond acceptors (Lipinski definition) is 4. The number of amides is 2. The second-order valence-corrected chi connectivity index (χ2v) is 7.19. The number of nitrogens with one attached hydrogen (secondary N) is 2. The summed E-state index contributed by atoms with van der Waals surface area (Å²) in [5.74, 6) is -0.234. The Kier molecular flexibility index (Phi) is 4.48. The van der Waals surface area contributed by atoms with E-state index in [0.29, 0.717) is 22.4 Å². The summed E-state index contributed by atoms with van der Waals surface area (Å²) < 4.78 is 7.35. The number of rotatable bonds is 3. The molecule has 0 radical (unpaired) electrons. The van der Waals surface area contributed by atoms with Crippen molar-refractivity contribution in [3.8, 4) is 11.3 Å². The fraction of sp³-hybridized carbons (Fsp3) is 0.0417. The van der Waals surface area contributed by atoms with Crippen LogP contribution in [0, 0.1) is 0 Å². The van der Waals surface area contributed by atoms with Crippen LogP contribution in [0.2, 0.25) is 0 Å². The minimum absolute atomic E-state index is 0.381. The summed E-state index contributed by atoms with van der Waals surface area (Å²) in [5.41, 5.74) is 8.31. The maximum Gasteiger partial charge on any atom is 0.271 e. The number of para-hydroxylation sites is 1. The van der Waals surface area contributed by atoms with Gasteiger partial charge in [0.15, 0.2) is 5.76 Å². The average Bonchev–Trinajstić information content (AvgIpc) is 3.39. The van der Waals surface area contributed by atoms with Crippen LogP contribution in [-0.2, 0) is 7.05 Å². The topological polar surface area (TPSA) is 89.2 Å². The summed E-state index contributed by atoms with van der Waals surface area (Å²) in [6.45, 7) is 0. The molecule has 7 nitrogen and oxygen atoms in total. The van der Waals surface area contributed by atoms with Gasteiger partial charge < -0.3 is 9.09 Å². The summed E-state index contributed by atoms with van der Waals surface area (Å²) in [4.78, 5) is 25.3. The van der Waals surface area contributed by atoms with Gasteiger partial charge in [0.2, 0.25) is 0 Å². The average molecular weight is 410 g/mol. The lowest BCUT2D eigenvalue weighted by Crippen LogP contribution is -2.41. The first-order chi connectivity index (χ1) is 15.1. The van der Waals surface area contributed by atoms with E-state index in [1.165, 1.54) is 0 Å². The molecule has 0 bridgehead atoms. The van der Waals surface area contributed by atoms with Gasteiger partial charge in [-0.15, -0.1) is 0 Å². The lowest BCUT2D eigenvalue weighted by Gasteiger charge is -2.07. The highest BCUT2D eigenvalue weighted by Crippen LogP contribution is 2.29. The van der Waals surface area contributed by atoms with E-state index in [-0.39, 0.29) is 5.91 Å². The third kappa shape index (κ3) is 3.32. The van der Waals surface area contributed by atoms with Crippen LogP contribution < -0.4 is 10.9 Å². The minimum Gasteiger partial charge on any atom is -0.355 e. The van der Waals surface area contributed by atoms with Crippen molar-refractivity contribution in [2.45, 2.75) is 0 Å². The fourth-order valence-electron chi connectivity index (χ4n) is 3.66. The zero-order chi connectivity index (χ0) is 21.4. The van der Waals surface area contributed by atoms with Crippen LogP contribution in [0.25, 0.3) is 33.1 Å². The summed E-state index contributed by atoms with van der Waals surface area (Å²) in [6.07, 6.45) is 1.74. The molecule has 0 spiro atoms. The molecule has 2 aromatic heterocycles. The third-order valence-corrected chi connectivity index (χ3v) is 5.21. The molecule has 0 saturated heterocycles. The molecule has 2 heterocycles. The van der Waals surface area contributed by atoms with E-state index in [4.69, 9.17) is 4.52 Å². The van der Waals surface area contributed by atoms with Crippen LogP contribution in [0.15, 0.2) is 83.5 Å². The normalized spacial score (nSPS) is 11.0. The van der Waals surface area contributed by atoms with Crippen molar-refractivity contribution < 1.29 is 14.1 Å². The molecule has 0 unspecified atom stereocenters. The smallest absolute Gasteiger partial charge is 0.271 e. The predicted molar refractivity (Wildman–Crippen MR) is 117 cm³/mol. The molecule has 152 valence electrons. The Morgan fingerprint density at radius 2 is 1.61 bits per heavy atom. The van der Waals surface area contributed by atoms with Crippen LogP contribution >= 0.6 is 0 Å². The molecule has 0 aliphatic rings. The van der Waals surface area contributed by atoms with E-state index < -0.39 is 5.91 Å². The van der Waals surface area contributed by atoms with Crippen molar-refractivity contribution in [1.29, 1.82) is 0 Å². The molecule has 7 heteroatoms. The SMILES string of the molecule is Cn1cc(C(=O)NNC(=O)c2ccc3noc(-c4ccccc4)c3c2)c2ccccc21. The van der Waals surface area contributed by atoms with Gasteiger partial charge >= 0.3 is 0 Å². The highest BCUT2D eigenvalue weighted by molar-refractivity contribution is 6.08. The maximum absolute atomic E-state index is 12.7.